The van der Waals surface area contributed by atoms with Gasteiger partial charge in [0.25, 0.3) is 0 Å². The van der Waals surface area contributed by atoms with Crippen LogP contribution >= 0.6 is 0 Å². The van der Waals surface area contributed by atoms with E-state index in [4.69, 9.17) is 19.4 Å². The fourth-order valence-electron chi connectivity index (χ4n) is 7.82. The van der Waals surface area contributed by atoms with E-state index in [9.17, 15) is 0 Å². The molecule has 0 aliphatic heterocycles. The monoisotopic (exact) mass is 638 g/mol. The van der Waals surface area contributed by atoms with E-state index < -0.39 is 0 Å². The van der Waals surface area contributed by atoms with Crippen molar-refractivity contribution >= 4 is 60.0 Å². The summed E-state index contributed by atoms with van der Waals surface area (Å²) in [5, 5.41) is 7.14. The van der Waals surface area contributed by atoms with Gasteiger partial charge in [-0.1, -0.05) is 127 Å². The van der Waals surface area contributed by atoms with Crippen molar-refractivity contribution in [1.82, 2.24) is 19.4 Å². The molecule has 0 saturated carbocycles. The van der Waals surface area contributed by atoms with Gasteiger partial charge in [-0.25, -0.2) is 15.0 Å². The summed E-state index contributed by atoms with van der Waals surface area (Å²) in [6.45, 7) is 0. The number of rotatable bonds is 4. The summed E-state index contributed by atoms with van der Waals surface area (Å²) in [5.74, 6) is 1.91. The highest BCUT2D eigenvalue weighted by Crippen LogP contribution is 2.47. The smallest absolute Gasteiger partial charge is 0.164 e. The molecule has 5 heteroatoms. The van der Waals surface area contributed by atoms with Crippen LogP contribution in [0.4, 0.5) is 0 Å². The minimum Gasteiger partial charge on any atom is -0.456 e. The van der Waals surface area contributed by atoms with Gasteiger partial charge in [0.2, 0.25) is 0 Å². The van der Waals surface area contributed by atoms with E-state index in [1.165, 1.54) is 38.1 Å². The Balaban J connectivity index is 1.17. The lowest BCUT2D eigenvalue weighted by Crippen LogP contribution is -2.00. The summed E-state index contributed by atoms with van der Waals surface area (Å²) >= 11 is 0. The summed E-state index contributed by atoms with van der Waals surface area (Å²) in [7, 11) is 0. The van der Waals surface area contributed by atoms with Gasteiger partial charge < -0.3 is 8.82 Å². The molecule has 0 unspecified atom stereocenters. The predicted molar refractivity (Wildman–Crippen MR) is 204 cm³/mol. The summed E-state index contributed by atoms with van der Waals surface area (Å²) in [4.78, 5) is 14.9. The van der Waals surface area contributed by atoms with Crippen LogP contribution < -0.4 is 0 Å². The van der Waals surface area contributed by atoms with Gasteiger partial charge in [0.05, 0.1) is 16.6 Å². The van der Waals surface area contributed by atoms with Crippen molar-refractivity contribution in [2.45, 2.75) is 0 Å². The molecular formula is C45H26N4O. The first kappa shape index (κ1) is 27.1. The Morgan fingerprint density at radius 2 is 0.940 bits per heavy atom. The Morgan fingerprint density at radius 1 is 0.380 bits per heavy atom. The fraction of sp³-hybridized carbons (Fsp3) is 0. The van der Waals surface area contributed by atoms with Gasteiger partial charge in [0.15, 0.2) is 17.5 Å². The van der Waals surface area contributed by atoms with Gasteiger partial charge in [-0.2, -0.15) is 0 Å². The van der Waals surface area contributed by atoms with Crippen LogP contribution in [0.1, 0.15) is 0 Å². The van der Waals surface area contributed by atoms with E-state index in [1.54, 1.807) is 0 Å². The van der Waals surface area contributed by atoms with Gasteiger partial charge in [-0.15, -0.1) is 0 Å². The van der Waals surface area contributed by atoms with Crippen LogP contribution in [0, 0.1) is 0 Å². The van der Waals surface area contributed by atoms with Gasteiger partial charge in [0.1, 0.15) is 11.2 Å². The Morgan fingerprint density at radius 3 is 1.66 bits per heavy atom. The van der Waals surface area contributed by atoms with Crippen LogP contribution in [-0.4, -0.2) is 19.4 Å². The van der Waals surface area contributed by atoms with Gasteiger partial charge in [-0.3, -0.25) is 0 Å². The van der Waals surface area contributed by atoms with Crippen molar-refractivity contribution in [3.8, 4) is 45.3 Å². The summed E-state index contributed by atoms with van der Waals surface area (Å²) in [6.07, 6.45) is 0. The second-order valence-electron chi connectivity index (χ2n) is 12.8. The zero-order valence-corrected chi connectivity index (χ0v) is 26.7. The summed E-state index contributed by atoms with van der Waals surface area (Å²) < 4.78 is 9.15. The average Bonchev–Trinajstić information content (AvgIpc) is 3.85. The first-order valence-electron chi connectivity index (χ1n) is 16.8. The maximum absolute atomic E-state index is 6.72. The van der Waals surface area contributed by atoms with Gasteiger partial charge in [-0.05, 0) is 41.5 Å². The first-order chi connectivity index (χ1) is 24.8. The number of aromatic nitrogens is 4. The molecule has 0 radical (unpaired) electrons. The Kier molecular flexibility index (Phi) is 5.60. The highest BCUT2D eigenvalue weighted by molar-refractivity contribution is 6.35. The van der Waals surface area contributed by atoms with E-state index >= 15 is 0 Å². The lowest BCUT2D eigenvalue weighted by Gasteiger charge is -2.10. The zero-order valence-electron chi connectivity index (χ0n) is 26.7. The third-order valence-electron chi connectivity index (χ3n) is 9.96. The number of benzene rings is 7. The van der Waals surface area contributed by atoms with Crippen LogP contribution in [0.5, 0.6) is 0 Å². The number of hydrogen-bond acceptors (Lipinski definition) is 4. The van der Waals surface area contributed by atoms with Crippen LogP contribution in [0.15, 0.2) is 162 Å². The van der Waals surface area contributed by atoms with Gasteiger partial charge >= 0.3 is 0 Å². The quantitative estimate of drug-likeness (QED) is 0.192. The Bertz CT molecular complexity index is 3030. The van der Waals surface area contributed by atoms with Crippen LogP contribution in [0.25, 0.3) is 105 Å². The number of furan rings is 1. The molecule has 5 nitrogen and oxygen atoms in total. The molecule has 0 bridgehead atoms. The highest BCUT2D eigenvalue weighted by Gasteiger charge is 2.24. The molecule has 7 aromatic carbocycles. The maximum atomic E-state index is 6.72. The molecule has 0 amide bonds. The standard InChI is InChI=1S/C45H26N4O/c1-3-13-27(14-4-1)43-46-44(28-15-5-2-6-16-28)48-45(47-43)30-18-11-17-29(25-30)31-21-12-24-37-39(31)41-38(50-37)26-34-32-19-7-9-22-35(32)49-36-23-10-8-20-33(36)40(41)42(34)49/h1-26H. The largest absolute Gasteiger partial charge is 0.456 e. The molecule has 4 heterocycles. The third kappa shape index (κ3) is 3.86. The summed E-state index contributed by atoms with van der Waals surface area (Å²) in [6, 6.07) is 54.7. The molecule has 4 aromatic heterocycles. The normalized spacial score (nSPS) is 12.0. The van der Waals surface area contributed by atoms with Crippen molar-refractivity contribution in [2.75, 3.05) is 0 Å². The number of hydrogen-bond donors (Lipinski definition) is 0. The van der Waals surface area contributed by atoms with E-state index in [0.717, 1.165) is 49.8 Å². The minimum absolute atomic E-state index is 0.627. The minimum atomic E-state index is 0.627. The van der Waals surface area contributed by atoms with E-state index in [2.05, 4.69) is 101 Å². The van der Waals surface area contributed by atoms with Crippen molar-refractivity contribution in [1.29, 1.82) is 0 Å². The number of fused-ring (bicyclic) bond motifs is 10. The molecule has 0 fully saturated rings. The first-order valence-corrected chi connectivity index (χ1v) is 16.8. The van der Waals surface area contributed by atoms with Crippen molar-refractivity contribution in [3.05, 3.63) is 158 Å². The number of nitrogens with zero attached hydrogens (tertiary/aromatic N) is 4. The van der Waals surface area contributed by atoms with E-state index in [1.807, 2.05) is 60.7 Å². The fourth-order valence-corrected chi connectivity index (χ4v) is 7.82. The second kappa shape index (κ2) is 10.3. The molecule has 0 aliphatic carbocycles. The summed E-state index contributed by atoms with van der Waals surface area (Å²) in [5.41, 5.74) is 10.4. The van der Waals surface area contributed by atoms with Crippen LogP contribution in [-0.2, 0) is 0 Å². The molecular weight excluding hydrogens is 613 g/mol. The lowest BCUT2D eigenvalue weighted by molar-refractivity contribution is 0.670. The molecule has 0 atom stereocenters. The van der Waals surface area contributed by atoms with E-state index in [0.29, 0.717) is 17.5 Å². The molecule has 0 aliphatic rings. The second-order valence-corrected chi connectivity index (χ2v) is 12.8. The molecule has 11 rings (SSSR count). The number of para-hydroxylation sites is 2. The molecule has 11 aromatic rings. The third-order valence-corrected chi connectivity index (χ3v) is 9.96. The van der Waals surface area contributed by atoms with E-state index in [-0.39, 0.29) is 0 Å². The van der Waals surface area contributed by atoms with Gasteiger partial charge in [0, 0.05) is 49.0 Å². The Labute approximate surface area is 286 Å². The molecule has 0 saturated heterocycles. The highest BCUT2D eigenvalue weighted by atomic mass is 16.3. The predicted octanol–water partition coefficient (Wildman–Crippen LogP) is 11.6. The van der Waals surface area contributed by atoms with Crippen molar-refractivity contribution < 1.29 is 4.42 Å². The molecule has 0 N–H and O–H groups in total. The molecule has 0 spiro atoms. The zero-order chi connectivity index (χ0) is 32.8. The lowest BCUT2D eigenvalue weighted by atomic mass is 9.95. The Hall–Kier alpha value is -6.85. The van der Waals surface area contributed by atoms with Crippen molar-refractivity contribution in [2.24, 2.45) is 0 Å². The van der Waals surface area contributed by atoms with Crippen LogP contribution in [0.2, 0.25) is 0 Å². The topological polar surface area (TPSA) is 56.2 Å². The van der Waals surface area contributed by atoms with Crippen LogP contribution in [0.3, 0.4) is 0 Å². The van der Waals surface area contributed by atoms with Crippen molar-refractivity contribution in [3.63, 3.8) is 0 Å². The average molecular weight is 639 g/mol. The molecule has 50 heavy (non-hydrogen) atoms. The SMILES string of the molecule is c1ccc(-c2nc(-c3ccccc3)nc(-c3cccc(-c4cccc5oc6cc7c8ccccc8n8c9ccccc9c(c6c45)c78)c3)n2)cc1. The maximum Gasteiger partial charge on any atom is 0.164 e. The molecule has 232 valence electrons.